The van der Waals surface area contributed by atoms with Crippen molar-refractivity contribution in [2.75, 3.05) is 5.32 Å². The Morgan fingerprint density at radius 2 is 2.33 bits per heavy atom. The maximum Gasteiger partial charge on any atom is 0.0958 e. The van der Waals surface area contributed by atoms with E-state index in [4.69, 9.17) is 0 Å². The van der Waals surface area contributed by atoms with Gasteiger partial charge in [0.25, 0.3) is 0 Å². The van der Waals surface area contributed by atoms with Crippen molar-refractivity contribution in [1.82, 2.24) is 9.55 Å². The predicted octanol–water partition coefficient (Wildman–Crippen LogP) is 3.58. The van der Waals surface area contributed by atoms with Gasteiger partial charge in [0.2, 0.25) is 0 Å². The molecule has 0 bridgehead atoms. The highest BCUT2D eigenvalue weighted by Crippen LogP contribution is 2.29. The maximum atomic E-state index is 4.53. The summed E-state index contributed by atoms with van der Waals surface area (Å²) in [4.78, 5) is 4.53. The Bertz CT molecular complexity index is 556. The first-order valence-corrected chi connectivity index (χ1v) is 7.02. The Morgan fingerprint density at radius 1 is 1.44 bits per heavy atom. The number of imidazole rings is 1. The van der Waals surface area contributed by atoms with E-state index in [1.807, 2.05) is 6.33 Å². The van der Waals surface area contributed by atoms with Crippen molar-refractivity contribution in [3.8, 4) is 0 Å². The molecular weight excluding hydrogens is 222 g/mol. The van der Waals surface area contributed by atoms with E-state index in [0.717, 1.165) is 12.1 Å². The summed E-state index contributed by atoms with van der Waals surface area (Å²) in [6.07, 6.45) is 6.83. The van der Waals surface area contributed by atoms with Crippen LogP contribution in [-0.4, -0.2) is 15.6 Å². The van der Waals surface area contributed by atoms with Crippen LogP contribution >= 0.6 is 0 Å². The second-order valence-corrected chi connectivity index (χ2v) is 5.37. The Kier molecular flexibility index (Phi) is 2.98. The van der Waals surface area contributed by atoms with Crippen molar-refractivity contribution < 1.29 is 0 Å². The van der Waals surface area contributed by atoms with Crippen molar-refractivity contribution in [1.29, 1.82) is 0 Å². The third-order valence-corrected chi connectivity index (χ3v) is 3.85. The van der Waals surface area contributed by atoms with Gasteiger partial charge in [-0.25, -0.2) is 4.98 Å². The summed E-state index contributed by atoms with van der Waals surface area (Å²) in [5.74, 6) is 0. The molecule has 0 fully saturated rings. The molecule has 0 amide bonds. The van der Waals surface area contributed by atoms with E-state index in [9.17, 15) is 0 Å². The van der Waals surface area contributed by atoms with Crippen LogP contribution in [0.25, 0.3) is 11.0 Å². The van der Waals surface area contributed by atoms with Crippen LogP contribution in [0, 0.1) is 0 Å². The van der Waals surface area contributed by atoms with Gasteiger partial charge in [0.1, 0.15) is 0 Å². The number of nitrogens with one attached hydrogen (secondary N) is 1. The van der Waals surface area contributed by atoms with Crippen LogP contribution in [0.4, 0.5) is 5.69 Å². The zero-order valence-corrected chi connectivity index (χ0v) is 11.2. The Morgan fingerprint density at radius 3 is 3.17 bits per heavy atom. The molecule has 0 radical (unpaired) electrons. The lowest BCUT2D eigenvalue weighted by Gasteiger charge is -2.24. The molecule has 1 atom stereocenters. The highest BCUT2D eigenvalue weighted by Gasteiger charge is 2.16. The van der Waals surface area contributed by atoms with Crippen molar-refractivity contribution in [2.24, 2.45) is 0 Å². The van der Waals surface area contributed by atoms with Crippen LogP contribution in [-0.2, 0) is 13.0 Å². The van der Waals surface area contributed by atoms with Gasteiger partial charge < -0.3 is 9.88 Å². The zero-order chi connectivity index (χ0) is 12.5. The monoisotopic (exact) mass is 243 g/mol. The van der Waals surface area contributed by atoms with E-state index >= 15 is 0 Å². The summed E-state index contributed by atoms with van der Waals surface area (Å²) < 4.78 is 2.29. The standard InChI is InChI=1S/C15H21N3/c1-3-4-7-18-10-16-14-9-13-12(8-15(14)18)6-5-11(2)17-13/h8-11,17H,3-7H2,1-2H3. The number of benzene rings is 1. The van der Waals surface area contributed by atoms with Gasteiger partial charge in [-0.1, -0.05) is 13.3 Å². The highest BCUT2D eigenvalue weighted by atomic mass is 15.0. The molecule has 3 heteroatoms. The molecule has 0 aliphatic carbocycles. The average Bonchev–Trinajstić information content (AvgIpc) is 2.76. The molecule has 96 valence electrons. The van der Waals surface area contributed by atoms with Crippen molar-refractivity contribution >= 4 is 16.7 Å². The Labute approximate surface area is 108 Å². The summed E-state index contributed by atoms with van der Waals surface area (Å²) in [7, 11) is 0. The fraction of sp³-hybridized carbons (Fsp3) is 0.533. The molecule has 2 aromatic rings. The van der Waals surface area contributed by atoms with E-state index in [0.29, 0.717) is 6.04 Å². The molecular formula is C15H21N3. The fourth-order valence-corrected chi connectivity index (χ4v) is 2.71. The first-order valence-electron chi connectivity index (χ1n) is 7.02. The normalized spacial score (nSPS) is 18.7. The minimum Gasteiger partial charge on any atom is -0.382 e. The number of aromatic nitrogens is 2. The van der Waals surface area contributed by atoms with Crippen LogP contribution in [0.15, 0.2) is 18.5 Å². The van der Waals surface area contributed by atoms with Crippen LogP contribution in [0.5, 0.6) is 0 Å². The zero-order valence-electron chi connectivity index (χ0n) is 11.2. The molecule has 3 rings (SSSR count). The lowest BCUT2D eigenvalue weighted by molar-refractivity contribution is 0.644. The first-order chi connectivity index (χ1) is 8.78. The number of rotatable bonds is 3. The van der Waals surface area contributed by atoms with Crippen LogP contribution in [0.1, 0.15) is 38.7 Å². The van der Waals surface area contributed by atoms with E-state index in [2.05, 4.69) is 40.8 Å². The largest absolute Gasteiger partial charge is 0.382 e. The molecule has 0 saturated heterocycles. The van der Waals surface area contributed by atoms with Gasteiger partial charge in [-0.2, -0.15) is 0 Å². The summed E-state index contributed by atoms with van der Waals surface area (Å²) in [6, 6.07) is 5.12. The van der Waals surface area contributed by atoms with Crippen molar-refractivity contribution in [3.05, 3.63) is 24.0 Å². The summed E-state index contributed by atoms with van der Waals surface area (Å²) >= 11 is 0. The Balaban J connectivity index is 2.00. The molecule has 2 heterocycles. The number of anilines is 1. The number of hydrogen-bond acceptors (Lipinski definition) is 2. The number of nitrogens with zero attached hydrogens (tertiary/aromatic N) is 2. The molecule has 0 spiro atoms. The molecule has 0 saturated carbocycles. The van der Waals surface area contributed by atoms with Crippen LogP contribution in [0.2, 0.25) is 0 Å². The molecule has 18 heavy (non-hydrogen) atoms. The summed E-state index contributed by atoms with van der Waals surface area (Å²) in [5, 5.41) is 3.56. The second-order valence-electron chi connectivity index (χ2n) is 5.37. The SMILES string of the molecule is CCCCn1cnc2cc3c(cc21)CCC(C)N3. The van der Waals surface area contributed by atoms with Gasteiger partial charge in [-0.3, -0.25) is 0 Å². The van der Waals surface area contributed by atoms with Crippen LogP contribution < -0.4 is 5.32 Å². The van der Waals surface area contributed by atoms with E-state index in [1.54, 1.807) is 0 Å². The summed E-state index contributed by atoms with van der Waals surface area (Å²) in [6.45, 7) is 5.55. The van der Waals surface area contributed by atoms with Gasteiger partial charge in [-0.15, -0.1) is 0 Å². The van der Waals surface area contributed by atoms with Gasteiger partial charge in [0.15, 0.2) is 0 Å². The van der Waals surface area contributed by atoms with Crippen molar-refractivity contribution in [3.63, 3.8) is 0 Å². The molecule has 1 aromatic heterocycles. The van der Waals surface area contributed by atoms with E-state index < -0.39 is 0 Å². The third kappa shape index (κ3) is 1.98. The quantitative estimate of drug-likeness (QED) is 0.893. The fourth-order valence-electron chi connectivity index (χ4n) is 2.71. The first kappa shape index (κ1) is 11.6. The highest BCUT2D eigenvalue weighted by molar-refractivity contribution is 5.82. The topological polar surface area (TPSA) is 29.9 Å². The lowest BCUT2D eigenvalue weighted by atomic mass is 9.98. The van der Waals surface area contributed by atoms with E-state index in [-0.39, 0.29) is 0 Å². The second kappa shape index (κ2) is 4.63. The maximum absolute atomic E-state index is 4.53. The number of hydrogen-bond donors (Lipinski definition) is 1. The van der Waals surface area contributed by atoms with Gasteiger partial charge in [0, 0.05) is 18.3 Å². The molecule has 1 aromatic carbocycles. The summed E-state index contributed by atoms with van der Waals surface area (Å²) in [5.41, 5.74) is 5.13. The lowest BCUT2D eigenvalue weighted by Crippen LogP contribution is -2.21. The number of unbranched alkanes of at least 4 members (excludes halogenated alkanes) is 1. The third-order valence-electron chi connectivity index (χ3n) is 3.85. The number of aryl methyl sites for hydroxylation is 2. The molecule has 1 aliphatic rings. The Hall–Kier alpha value is -1.51. The van der Waals surface area contributed by atoms with Crippen LogP contribution in [0.3, 0.4) is 0 Å². The minimum atomic E-state index is 0.581. The van der Waals surface area contributed by atoms with Gasteiger partial charge in [0.05, 0.1) is 17.4 Å². The van der Waals surface area contributed by atoms with Gasteiger partial charge >= 0.3 is 0 Å². The minimum absolute atomic E-state index is 0.581. The average molecular weight is 243 g/mol. The molecule has 1 unspecified atom stereocenters. The van der Waals surface area contributed by atoms with E-state index in [1.165, 1.54) is 42.5 Å². The molecule has 3 nitrogen and oxygen atoms in total. The number of fused-ring (bicyclic) bond motifs is 2. The predicted molar refractivity (Wildman–Crippen MR) is 76.0 cm³/mol. The molecule has 1 N–H and O–H groups in total. The van der Waals surface area contributed by atoms with Gasteiger partial charge in [-0.05, 0) is 43.9 Å². The van der Waals surface area contributed by atoms with Crippen molar-refractivity contribution in [2.45, 2.75) is 52.1 Å². The molecule has 1 aliphatic heterocycles. The smallest absolute Gasteiger partial charge is 0.0958 e.